The molecule has 114 valence electrons. The minimum absolute atomic E-state index is 0.173. The monoisotopic (exact) mass is 299 g/mol. The van der Waals surface area contributed by atoms with Gasteiger partial charge in [0.25, 0.3) is 5.91 Å². The zero-order valence-corrected chi connectivity index (χ0v) is 12.3. The number of nitrogens with zero attached hydrogens (tertiary/aromatic N) is 1. The van der Waals surface area contributed by atoms with E-state index < -0.39 is 12.1 Å². The maximum Gasteiger partial charge on any atom is 0.330 e. The molecule has 0 spiro atoms. The number of benzene rings is 1. The Hall–Kier alpha value is -2.58. The van der Waals surface area contributed by atoms with E-state index in [1.807, 2.05) is 30.3 Å². The highest BCUT2D eigenvalue weighted by molar-refractivity contribution is 5.90. The number of terminal acetylenes is 1. The first-order valence-electron chi connectivity index (χ1n) is 6.83. The first-order chi connectivity index (χ1) is 10.7. The lowest BCUT2D eigenvalue weighted by Crippen LogP contribution is -2.64. The first kappa shape index (κ1) is 15.8. The molecule has 1 aliphatic heterocycles. The molecule has 1 aromatic rings. The largest absolute Gasteiger partial charge is 0.466 e. The van der Waals surface area contributed by atoms with Crippen LogP contribution in [0.25, 0.3) is 0 Å². The van der Waals surface area contributed by atoms with Gasteiger partial charge in [-0.15, -0.1) is 6.42 Å². The van der Waals surface area contributed by atoms with Crippen molar-refractivity contribution in [2.45, 2.75) is 18.8 Å². The lowest BCUT2D eigenvalue weighted by Gasteiger charge is -2.44. The van der Waals surface area contributed by atoms with E-state index in [2.05, 4.69) is 10.7 Å². The van der Waals surface area contributed by atoms with Gasteiger partial charge >= 0.3 is 5.97 Å². The smallest absolute Gasteiger partial charge is 0.330 e. The van der Waals surface area contributed by atoms with Crippen molar-refractivity contribution in [1.82, 2.24) is 4.90 Å². The molecular formula is C17H17NO4. The number of carbonyl (C=O) groups is 2. The van der Waals surface area contributed by atoms with Crippen LogP contribution < -0.4 is 0 Å². The Morgan fingerprint density at radius 2 is 2.14 bits per heavy atom. The zero-order valence-electron chi connectivity index (χ0n) is 12.3. The Morgan fingerprint density at radius 3 is 2.77 bits per heavy atom. The number of methoxy groups -OCH3 is 1. The molecule has 0 aromatic heterocycles. The Kier molecular flexibility index (Phi) is 5.34. The van der Waals surface area contributed by atoms with Crippen LogP contribution in [-0.2, 0) is 25.7 Å². The highest BCUT2D eigenvalue weighted by Gasteiger charge is 2.46. The summed E-state index contributed by atoms with van der Waals surface area (Å²) in [5.41, 5.74) is 0.974. The van der Waals surface area contributed by atoms with Crippen LogP contribution in [0.2, 0.25) is 0 Å². The molecule has 1 amide bonds. The molecule has 1 aliphatic rings. The van der Waals surface area contributed by atoms with Crippen LogP contribution >= 0.6 is 0 Å². The second-order valence-electron chi connectivity index (χ2n) is 4.76. The lowest BCUT2D eigenvalue weighted by molar-refractivity contribution is -0.169. The Balaban J connectivity index is 2.01. The molecule has 5 heteroatoms. The molecule has 0 unspecified atom stereocenters. The van der Waals surface area contributed by atoms with Gasteiger partial charge in [-0.1, -0.05) is 42.3 Å². The third kappa shape index (κ3) is 3.54. The molecule has 22 heavy (non-hydrogen) atoms. The highest BCUT2D eigenvalue weighted by atomic mass is 16.5. The second-order valence-corrected chi connectivity index (χ2v) is 4.76. The number of hydrogen-bond donors (Lipinski definition) is 0. The van der Waals surface area contributed by atoms with Gasteiger partial charge in [-0.05, 0) is 5.56 Å². The number of likely N-dealkylation sites (tertiary alicyclic amines) is 1. The van der Waals surface area contributed by atoms with Crippen LogP contribution in [-0.4, -0.2) is 42.6 Å². The van der Waals surface area contributed by atoms with Gasteiger partial charge in [0.05, 0.1) is 26.3 Å². The third-order valence-corrected chi connectivity index (χ3v) is 3.36. The van der Waals surface area contributed by atoms with Crippen molar-refractivity contribution < 1.29 is 19.1 Å². The maximum atomic E-state index is 12.1. The van der Waals surface area contributed by atoms with E-state index in [1.54, 1.807) is 6.08 Å². The summed E-state index contributed by atoms with van der Waals surface area (Å²) in [4.78, 5) is 24.7. The summed E-state index contributed by atoms with van der Waals surface area (Å²) < 4.78 is 10.2. The molecule has 0 N–H and O–H groups in total. The predicted octanol–water partition coefficient (Wildman–Crippen LogP) is 1.14. The van der Waals surface area contributed by atoms with E-state index in [9.17, 15) is 9.59 Å². The van der Waals surface area contributed by atoms with Crippen molar-refractivity contribution in [3.8, 4) is 12.3 Å². The topological polar surface area (TPSA) is 55.8 Å². The Labute approximate surface area is 129 Å². The van der Waals surface area contributed by atoms with Crippen LogP contribution in [0.4, 0.5) is 0 Å². The fourth-order valence-electron chi connectivity index (χ4n) is 2.20. The molecule has 0 saturated carbocycles. The number of amides is 1. The van der Waals surface area contributed by atoms with Crippen LogP contribution in [0.1, 0.15) is 5.56 Å². The number of carbonyl (C=O) groups excluding carboxylic acids is 2. The molecule has 1 fully saturated rings. The Morgan fingerprint density at radius 1 is 1.41 bits per heavy atom. The molecule has 2 atom stereocenters. The second kappa shape index (κ2) is 7.43. The summed E-state index contributed by atoms with van der Waals surface area (Å²) in [6.45, 7) is 0.504. The van der Waals surface area contributed by atoms with Crippen molar-refractivity contribution in [1.29, 1.82) is 0 Å². The van der Waals surface area contributed by atoms with Gasteiger partial charge in [-0.2, -0.15) is 0 Å². The average Bonchev–Trinajstić information content (AvgIpc) is 2.56. The Bertz CT molecular complexity index is 603. The summed E-state index contributed by atoms with van der Waals surface area (Å²) in [5, 5.41) is 0. The predicted molar refractivity (Wildman–Crippen MR) is 80.5 cm³/mol. The maximum absolute atomic E-state index is 12.1. The normalized spacial score (nSPS) is 20.5. The number of rotatable bonds is 6. The van der Waals surface area contributed by atoms with E-state index >= 15 is 0 Å². The standard InChI is InChI=1S/C17H17NO4/c1-3-11-18-14(9-10-15(19)21-2)16(17(18)20)22-12-13-7-5-4-6-8-13/h1,4-10,14,16H,11-12H2,2H3/b10-9+/t14-,16+/m0/s1. The van der Waals surface area contributed by atoms with Crippen molar-refractivity contribution in [3.05, 3.63) is 48.0 Å². The van der Waals surface area contributed by atoms with Gasteiger partial charge in [0.1, 0.15) is 0 Å². The molecule has 5 nitrogen and oxygen atoms in total. The van der Waals surface area contributed by atoms with Crippen molar-refractivity contribution in [2.24, 2.45) is 0 Å². The number of hydrogen-bond acceptors (Lipinski definition) is 4. The molecule has 0 aliphatic carbocycles. The molecule has 1 saturated heterocycles. The van der Waals surface area contributed by atoms with Crippen molar-refractivity contribution >= 4 is 11.9 Å². The number of β-lactam (4-membered cyclic amide) rings is 1. The molecule has 1 heterocycles. The molecule has 0 bridgehead atoms. The van der Waals surface area contributed by atoms with Gasteiger partial charge in [-0.3, -0.25) is 4.79 Å². The van der Waals surface area contributed by atoms with Crippen molar-refractivity contribution in [2.75, 3.05) is 13.7 Å². The number of esters is 1. The summed E-state index contributed by atoms with van der Waals surface area (Å²) >= 11 is 0. The summed E-state index contributed by atoms with van der Waals surface area (Å²) in [5.74, 6) is 1.77. The molecule has 2 rings (SSSR count). The van der Waals surface area contributed by atoms with Gasteiger partial charge in [0, 0.05) is 6.08 Å². The van der Waals surface area contributed by atoms with Crippen molar-refractivity contribution in [3.63, 3.8) is 0 Å². The summed E-state index contributed by atoms with van der Waals surface area (Å²) in [6, 6.07) is 9.20. The summed E-state index contributed by atoms with van der Waals surface area (Å²) in [6.07, 6.45) is 7.49. The van der Waals surface area contributed by atoms with Gasteiger partial charge < -0.3 is 14.4 Å². The minimum atomic E-state index is -0.630. The average molecular weight is 299 g/mol. The number of ether oxygens (including phenoxy) is 2. The fourth-order valence-corrected chi connectivity index (χ4v) is 2.20. The van der Waals surface area contributed by atoms with Crippen LogP contribution in [0.5, 0.6) is 0 Å². The summed E-state index contributed by atoms with van der Waals surface area (Å²) in [7, 11) is 1.29. The minimum Gasteiger partial charge on any atom is -0.466 e. The van der Waals surface area contributed by atoms with E-state index in [-0.39, 0.29) is 18.5 Å². The van der Waals surface area contributed by atoms with Crippen LogP contribution in [0.3, 0.4) is 0 Å². The first-order valence-corrected chi connectivity index (χ1v) is 6.83. The van der Waals surface area contributed by atoms with Crippen LogP contribution in [0.15, 0.2) is 42.5 Å². The molecule has 1 aromatic carbocycles. The van der Waals surface area contributed by atoms with E-state index in [0.717, 1.165) is 5.56 Å². The SMILES string of the molecule is C#CCN1C(=O)[C@H](OCc2ccccc2)[C@@H]1/C=C/C(=O)OC. The van der Waals surface area contributed by atoms with E-state index in [1.165, 1.54) is 18.1 Å². The quantitative estimate of drug-likeness (QED) is 0.342. The lowest BCUT2D eigenvalue weighted by atomic mass is 9.97. The van der Waals surface area contributed by atoms with Gasteiger partial charge in [0.2, 0.25) is 0 Å². The fraction of sp³-hybridized carbons (Fsp3) is 0.294. The molecular weight excluding hydrogens is 282 g/mol. The van der Waals surface area contributed by atoms with Gasteiger partial charge in [0.15, 0.2) is 6.10 Å². The van der Waals surface area contributed by atoms with E-state index in [0.29, 0.717) is 6.61 Å². The third-order valence-electron chi connectivity index (χ3n) is 3.36. The van der Waals surface area contributed by atoms with Crippen LogP contribution in [0, 0.1) is 12.3 Å². The molecule has 0 radical (unpaired) electrons. The van der Waals surface area contributed by atoms with Gasteiger partial charge in [-0.25, -0.2) is 4.79 Å². The zero-order chi connectivity index (χ0) is 15.9. The highest BCUT2D eigenvalue weighted by Crippen LogP contribution is 2.25. The van der Waals surface area contributed by atoms with E-state index in [4.69, 9.17) is 11.2 Å².